The maximum absolute atomic E-state index is 13.4. The minimum Gasteiger partial charge on any atom is -0.462 e. The van der Waals surface area contributed by atoms with Gasteiger partial charge in [0.2, 0.25) is 0 Å². The first-order chi connectivity index (χ1) is 10.0. The Hall–Kier alpha value is -1.29. The van der Waals surface area contributed by atoms with Crippen LogP contribution in [0.5, 0.6) is 0 Å². The average Bonchev–Trinajstić information content (AvgIpc) is 2.97. The summed E-state index contributed by atoms with van der Waals surface area (Å²) in [5.41, 5.74) is 0. The Labute approximate surface area is 124 Å². The highest BCUT2D eigenvalue weighted by Gasteiger charge is 2.65. The lowest BCUT2D eigenvalue weighted by atomic mass is 9.80. The van der Waals surface area contributed by atoms with Crippen LogP contribution in [0.3, 0.4) is 0 Å². The van der Waals surface area contributed by atoms with Gasteiger partial charge in [0.1, 0.15) is 6.10 Å². The molecule has 0 amide bonds. The van der Waals surface area contributed by atoms with Crippen molar-refractivity contribution < 1.29 is 40.8 Å². The third kappa shape index (κ3) is 2.03. The molecule has 0 aromatic carbocycles. The highest BCUT2D eigenvalue weighted by atomic mass is 32.2. The smallest absolute Gasteiger partial charge is 0.405 e. The maximum atomic E-state index is 13.4. The molecule has 3 fully saturated rings. The fourth-order valence-electron chi connectivity index (χ4n) is 3.86. The monoisotopic (exact) mass is 340 g/mol. The van der Waals surface area contributed by atoms with E-state index in [4.69, 9.17) is 9.29 Å². The van der Waals surface area contributed by atoms with Gasteiger partial charge >= 0.3 is 27.3 Å². The lowest BCUT2D eigenvalue weighted by Crippen LogP contribution is -2.44. The summed E-state index contributed by atoms with van der Waals surface area (Å²) in [4.78, 5) is 23.8. The van der Waals surface area contributed by atoms with E-state index in [1.165, 1.54) is 0 Å². The van der Waals surface area contributed by atoms with Crippen LogP contribution >= 0.6 is 0 Å². The molecule has 1 N–H and O–H groups in total. The van der Waals surface area contributed by atoms with Crippen LogP contribution in [0.4, 0.5) is 8.78 Å². The molecule has 1 aliphatic heterocycles. The zero-order chi connectivity index (χ0) is 16.4. The van der Waals surface area contributed by atoms with E-state index in [0.29, 0.717) is 19.8 Å². The van der Waals surface area contributed by atoms with Crippen molar-refractivity contribution in [2.24, 2.45) is 23.7 Å². The number of rotatable bonds is 4. The minimum atomic E-state index is -5.70. The second-order valence-corrected chi connectivity index (χ2v) is 7.53. The number of carbonyl (C=O) groups excluding carboxylic acids is 2. The molecular formula is C12H14F2O7S. The first-order valence-electron chi connectivity index (χ1n) is 6.80. The highest BCUT2D eigenvalue weighted by molar-refractivity contribution is 7.86. The Morgan fingerprint density at radius 2 is 2.09 bits per heavy atom. The summed E-state index contributed by atoms with van der Waals surface area (Å²) in [6.07, 6.45) is -1.51. The summed E-state index contributed by atoms with van der Waals surface area (Å²) >= 11 is 0. The standard InChI is InChI=1S/C12H14F2O7S/c1-4(12(13,14)22(17,18)19)20-10(15)8-5-2-6-7(3-5)21-11(16)9(6)8/h4-9H,2-3H2,1H3,(H,17,18,19). The molecule has 2 aliphatic carbocycles. The number of halogens is 2. The van der Waals surface area contributed by atoms with E-state index in [0.717, 1.165) is 0 Å². The predicted molar refractivity (Wildman–Crippen MR) is 65.1 cm³/mol. The van der Waals surface area contributed by atoms with Crippen molar-refractivity contribution in [2.75, 3.05) is 0 Å². The molecule has 0 aromatic rings. The molecule has 3 rings (SSSR count). The second kappa shape index (κ2) is 4.60. The van der Waals surface area contributed by atoms with Crippen LogP contribution in [0.1, 0.15) is 19.8 Å². The maximum Gasteiger partial charge on any atom is 0.405 e. The van der Waals surface area contributed by atoms with Crippen LogP contribution in [-0.2, 0) is 29.2 Å². The molecular weight excluding hydrogens is 326 g/mol. The van der Waals surface area contributed by atoms with Gasteiger partial charge in [0.25, 0.3) is 0 Å². The van der Waals surface area contributed by atoms with Gasteiger partial charge in [-0.2, -0.15) is 17.2 Å². The molecule has 1 heterocycles. The molecule has 0 aromatic heterocycles. The van der Waals surface area contributed by atoms with Crippen LogP contribution in [0.15, 0.2) is 0 Å². The molecule has 10 heteroatoms. The molecule has 3 aliphatic rings. The Balaban J connectivity index is 1.75. The normalized spacial score (nSPS) is 38.0. The van der Waals surface area contributed by atoms with Gasteiger partial charge in [-0.05, 0) is 25.7 Å². The van der Waals surface area contributed by atoms with Gasteiger partial charge in [-0.25, -0.2) is 0 Å². The molecule has 2 saturated carbocycles. The summed E-state index contributed by atoms with van der Waals surface area (Å²) in [7, 11) is -5.70. The van der Waals surface area contributed by atoms with E-state index >= 15 is 0 Å². The van der Waals surface area contributed by atoms with E-state index in [1.807, 2.05) is 0 Å². The van der Waals surface area contributed by atoms with Crippen molar-refractivity contribution >= 4 is 22.1 Å². The van der Waals surface area contributed by atoms with Crippen LogP contribution in [0.25, 0.3) is 0 Å². The minimum absolute atomic E-state index is 0.104. The molecule has 22 heavy (non-hydrogen) atoms. The number of hydrogen-bond donors (Lipinski definition) is 1. The summed E-state index contributed by atoms with van der Waals surface area (Å²) in [6, 6.07) is 0. The number of carbonyl (C=O) groups is 2. The third-order valence-electron chi connectivity index (χ3n) is 4.87. The topological polar surface area (TPSA) is 107 Å². The SMILES string of the molecule is CC(OC(=O)C1C2CC3OC(=O)C1C3C2)C(F)(F)S(=O)(=O)O. The molecule has 1 saturated heterocycles. The molecule has 6 atom stereocenters. The van der Waals surface area contributed by atoms with E-state index in [-0.39, 0.29) is 17.9 Å². The lowest BCUT2D eigenvalue weighted by molar-refractivity contribution is -0.169. The highest BCUT2D eigenvalue weighted by Crippen LogP contribution is 2.58. The summed E-state index contributed by atoms with van der Waals surface area (Å²) < 4.78 is 66.3. The third-order valence-corrected chi connectivity index (χ3v) is 5.89. The molecule has 124 valence electrons. The quantitative estimate of drug-likeness (QED) is 0.590. The van der Waals surface area contributed by atoms with Crippen LogP contribution < -0.4 is 0 Å². The van der Waals surface area contributed by atoms with Gasteiger partial charge < -0.3 is 9.47 Å². The van der Waals surface area contributed by atoms with Crippen molar-refractivity contribution in [1.82, 2.24) is 0 Å². The van der Waals surface area contributed by atoms with Gasteiger partial charge in [0, 0.05) is 5.92 Å². The number of hydrogen-bond acceptors (Lipinski definition) is 6. The van der Waals surface area contributed by atoms with Crippen LogP contribution in [0.2, 0.25) is 0 Å². The number of ether oxygens (including phenoxy) is 2. The van der Waals surface area contributed by atoms with Gasteiger partial charge in [-0.3, -0.25) is 14.1 Å². The fraction of sp³-hybridized carbons (Fsp3) is 0.833. The van der Waals surface area contributed by atoms with Crippen molar-refractivity contribution in [3.63, 3.8) is 0 Å². The first kappa shape index (κ1) is 15.6. The van der Waals surface area contributed by atoms with E-state index in [1.54, 1.807) is 0 Å². The predicted octanol–water partition coefficient (Wildman–Crippen LogP) is 0.596. The Morgan fingerprint density at radius 1 is 1.45 bits per heavy atom. The molecule has 7 nitrogen and oxygen atoms in total. The van der Waals surface area contributed by atoms with Gasteiger partial charge in [-0.15, -0.1) is 0 Å². The zero-order valence-corrected chi connectivity index (χ0v) is 12.3. The molecule has 6 unspecified atom stereocenters. The van der Waals surface area contributed by atoms with Crippen molar-refractivity contribution in [3.8, 4) is 0 Å². The van der Waals surface area contributed by atoms with Gasteiger partial charge in [0.05, 0.1) is 11.8 Å². The summed E-state index contributed by atoms with van der Waals surface area (Å²) in [5, 5.41) is -4.61. The lowest BCUT2D eigenvalue weighted by Gasteiger charge is -2.26. The van der Waals surface area contributed by atoms with Gasteiger partial charge in [0.15, 0.2) is 6.10 Å². The Morgan fingerprint density at radius 3 is 2.68 bits per heavy atom. The van der Waals surface area contributed by atoms with E-state index in [2.05, 4.69) is 4.74 Å². The van der Waals surface area contributed by atoms with Crippen molar-refractivity contribution in [3.05, 3.63) is 0 Å². The van der Waals surface area contributed by atoms with Crippen LogP contribution in [0, 0.1) is 23.7 Å². The van der Waals surface area contributed by atoms with Gasteiger partial charge in [-0.1, -0.05) is 0 Å². The van der Waals surface area contributed by atoms with E-state index < -0.39 is 45.3 Å². The van der Waals surface area contributed by atoms with E-state index in [9.17, 15) is 26.8 Å². The zero-order valence-electron chi connectivity index (χ0n) is 11.4. The second-order valence-electron chi connectivity index (χ2n) is 6.04. The van der Waals surface area contributed by atoms with Crippen LogP contribution in [-0.4, -0.2) is 42.4 Å². The number of fused-ring (bicyclic) bond motifs is 1. The number of alkyl halides is 2. The average molecular weight is 340 g/mol. The molecule has 0 radical (unpaired) electrons. The Kier molecular flexibility index (Phi) is 3.27. The first-order valence-corrected chi connectivity index (χ1v) is 8.24. The molecule has 2 bridgehead atoms. The summed E-state index contributed by atoms with van der Waals surface area (Å²) in [6.45, 7) is 0.675. The van der Waals surface area contributed by atoms with Crippen molar-refractivity contribution in [1.29, 1.82) is 0 Å². The fourth-order valence-corrected chi connectivity index (χ4v) is 4.32. The Bertz CT molecular complexity index is 629. The van der Waals surface area contributed by atoms with Crippen molar-refractivity contribution in [2.45, 2.75) is 37.2 Å². The number of esters is 2. The largest absolute Gasteiger partial charge is 0.462 e. The molecule has 0 spiro atoms. The summed E-state index contributed by atoms with van der Waals surface area (Å²) in [5.74, 6) is -3.48.